The predicted octanol–water partition coefficient (Wildman–Crippen LogP) is 1.44. The quantitative estimate of drug-likeness (QED) is 0.828. The van der Waals surface area contributed by atoms with E-state index in [2.05, 4.69) is 5.32 Å². The molecule has 5 heteroatoms. The molecule has 0 radical (unpaired) electrons. The molecular weight excluding hydrogens is 258 g/mol. The van der Waals surface area contributed by atoms with Gasteiger partial charge in [0.2, 0.25) is 5.91 Å². The van der Waals surface area contributed by atoms with Crippen LogP contribution in [0.5, 0.6) is 11.5 Å². The van der Waals surface area contributed by atoms with Crippen LogP contribution in [-0.2, 0) is 11.2 Å². The number of hydrogen-bond donors (Lipinski definition) is 2. The molecule has 1 aromatic rings. The van der Waals surface area contributed by atoms with Gasteiger partial charge in [0.1, 0.15) is 0 Å². The maximum absolute atomic E-state index is 12.0. The Morgan fingerprint density at radius 2 is 1.80 bits per heavy atom. The average molecular weight is 281 g/mol. The fraction of sp³-hybridized carbons (Fsp3) is 0.533. The molecule has 0 aliphatic carbocycles. The van der Waals surface area contributed by atoms with E-state index in [0.29, 0.717) is 11.5 Å². The molecule has 112 valence electrons. The summed E-state index contributed by atoms with van der Waals surface area (Å²) < 4.78 is 10.5. The van der Waals surface area contributed by atoms with Crippen LogP contribution in [0.4, 0.5) is 0 Å². The van der Waals surface area contributed by atoms with Gasteiger partial charge in [-0.1, -0.05) is 0 Å². The van der Waals surface area contributed by atoms with Crippen molar-refractivity contribution in [2.45, 2.75) is 32.7 Å². The second kappa shape index (κ2) is 6.61. The fourth-order valence-corrected chi connectivity index (χ4v) is 1.85. The summed E-state index contributed by atoms with van der Waals surface area (Å²) >= 11 is 0. The van der Waals surface area contributed by atoms with Crippen LogP contribution >= 0.6 is 0 Å². The van der Waals surface area contributed by atoms with Gasteiger partial charge in [0.05, 0.1) is 32.8 Å². The highest BCUT2D eigenvalue weighted by atomic mass is 16.5. The van der Waals surface area contributed by atoms with Gasteiger partial charge < -0.3 is 19.9 Å². The molecule has 0 saturated carbocycles. The van der Waals surface area contributed by atoms with Crippen molar-refractivity contribution in [1.82, 2.24) is 5.32 Å². The highest BCUT2D eigenvalue weighted by Crippen LogP contribution is 2.30. The number of amides is 1. The summed E-state index contributed by atoms with van der Waals surface area (Å²) in [7, 11) is 3.14. The third kappa shape index (κ3) is 4.13. The number of methoxy groups -OCH3 is 2. The van der Waals surface area contributed by atoms with Gasteiger partial charge >= 0.3 is 0 Å². The van der Waals surface area contributed by atoms with Crippen molar-refractivity contribution in [2.75, 3.05) is 20.8 Å². The molecule has 20 heavy (non-hydrogen) atoms. The summed E-state index contributed by atoms with van der Waals surface area (Å²) in [6, 6.07) is 3.65. The van der Waals surface area contributed by atoms with Crippen LogP contribution in [0.15, 0.2) is 12.1 Å². The summed E-state index contributed by atoms with van der Waals surface area (Å²) in [6.07, 6.45) is 0.232. The van der Waals surface area contributed by atoms with Crippen molar-refractivity contribution in [3.05, 3.63) is 23.3 Å². The topological polar surface area (TPSA) is 67.8 Å². The Kier molecular flexibility index (Phi) is 5.39. The summed E-state index contributed by atoms with van der Waals surface area (Å²) in [4.78, 5) is 12.0. The van der Waals surface area contributed by atoms with Gasteiger partial charge in [-0.15, -0.1) is 0 Å². The number of carbonyl (C=O) groups excluding carboxylic acids is 1. The molecule has 1 amide bonds. The molecule has 0 fully saturated rings. The molecule has 5 nitrogen and oxygen atoms in total. The maximum atomic E-state index is 12.0. The third-order valence-corrected chi connectivity index (χ3v) is 3.07. The number of ether oxygens (including phenoxy) is 2. The second-order valence-electron chi connectivity index (χ2n) is 5.40. The van der Waals surface area contributed by atoms with E-state index in [0.717, 1.165) is 11.1 Å². The molecule has 0 heterocycles. The van der Waals surface area contributed by atoms with Crippen LogP contribution in [0.3, 0.4) is 0 Å². The Morgan fingerprint density at radius 1 is 1.25 bits per heavy atom. The SMILES string of the molecule is COc1cc(C)c(CC(=O)NC(C)(C)CO)cc1OC. The number of aliphatic hydroxyl groups is 1. The lowest BCUT2D eigenvalue weighted by atomic mass is 10.0. The molecule has 0 atom stereocenters. The molecule has 1 rings (SSSR count). The second-order valence-corrected chi connectivity index (χ2v) is 5.40. The van der Waals surface area contributed by atoms with Crippen molar-refractivity contribution in [2.24, 2.45) is 0 Å². The van der Waals surface area contributed by atoms with E-state index in [1.54, 1.807) is 34.1 Å². The minimum Gasteiger partial charge on any atom is -0.493 e. The lowest BCUT2D eigenvalue weighted by Crippen LogP contribution is -2.46. The van der Waals surface area contributed by atoms with Crippen molar-refractivity contribution < 1.29 is 19.4 Å². The Morgan fingerprint density at radius 3 is 2.30 bits per heavy atom. The fourth-order valence-electron chi connectivity index (χ4n) is 1.85. The van der Waals surface area contributed by atoms with Crippen molar-refractivity contribution in [3.8, 4) is 11.5 Å². The van der Waals surface area contributed by atoms with Crippen molar-refractivity contribution >= 4 is 5.91 Å². The highest BCUT2D eigenvalue weighted by molar-refractivity contribution is 5.80. The van der Waals surface area contributed by atoms with Gasteiger partial charge in [0.15, 0.2) is 11.5 Å². The number of aliphatic hydroxyl groups excluding tert-OH is 1. The van der Waals surface area contributed by atoms with E-state index in [9.17, 15) is 4.79 Å². The molecule has 0 bridgehead atoms. The Labute approximate surface area is 119 Å². The molecule has 2 N–H and O–H groups in total. The zero-order valence-corrected chi connectivity index (χ0v) is 12.7. The summed E-state index contributed by atoms with van der Waals surface area (Å²) in [5.74, 6) is 1.10. The molecule has 1 aromatic carbocycles. The number of benzene rings is 1. The van der Waals surface area contributed by atoms with Gasteiger partial charge in [-0.2, -0.15) is 0 Å². The van der Waals surface area contributed by atoms with Crippen LogP contribution < -0.4 is 14.8 Å². The molecule has 0 saturated heterocycles. The number of rotatable bonds is 6. The van der Waals surface area contributed by atoms with Gasteiger partial charge in [0.25, 0.3) is 0 Å². The third-order valence-electron chi connectivity index (χ3n) is 3.07. The van der Waals surface area contributed by atoms with Crippen LogP contribution in [0.1, 0.15) is 25.0 Å². The summed E-state index contributed by atoms with van der Waals surface area (Å²) in [5.41, 5.74) is 1.20. The van der Waals surface area contributed by atoms with E-state index in [1.807, 2.05) is 13.0 Å². The summed E-state index contributed by atoms with van der Waals surface area (Å²) in [5, 5.41) is 11.9. The van der Waals surface area contributed by atoms with Crippen LogP contribution in [0, 0.1) is 6.92 Å². The van der Waals surface area contributed by atoms with Gasteiger partial charge in [-0.25, -0.2) is 0 Å². The average Bonchev–Trinajstić information content (AvgIpc) is 2.39. The van der Waals surface area contributed by atoms with Crippen LogP contribution in [-0.4, -0.2) is 37.4 Å². The number of aryl methyl sites for hydroxylation is 1. The van der Waals surface area contributed by atoms with Gasteiger partial charge in [0, 0.05) is 0 Å². The molecule has 0 aliphatic heterocycles. The van der Waals surface area contributed by atoms with E-state index >= 15 is 0 Å². The minimum atomic E-state index is -0.623. The van der Waals surface area contributed by atoms with Crippen molar-refractivity contribution in [3.63, 3.8) is 0 Å². The standard InChI is InChI=1S/C15H23NO4/c1-10-6-12(19-4)13(20-5)7-11(10)8-14(18)16-15(2,3)9-17/h6-7,17H,8-9H2,1-5H3,(H,16,18). The smallest absolute Gasteiger partial charge is 0.224 e. The predicted molar refractivity (Wildman–Crippen MR) is 77.3 cm³/mol. The first-order valence-electron chi connectivity index (χ1n) is 6.46. The minimum absolute atomic E-state index is 0.107. The first-order chi connectivity index (χ1) is 9.32. The highest BCUT2D eigenvalue weighted by Gasteiger charge is 2.20. The number of nitrogens with one attached hydrogen (secondary N) is 1. The molecule has 0 unspecified atom stereocenters. The molecule has 0 aliphatic rings. The Bertz CT molecular complexity index is 483. The lowest BCUT2D eigenvalue weighted by Gasteiger charge is -2.23. The Hall–Kier alpha value is -1.75. The molecule has 0 aromatic heterocycles. The number of carbonyl (C=O) groups is 1. The van der Waals surface area contributed by atoms with E-state index in [1.165, 1.54) is 0 Å². The van der Waals surface area contributed by atoms with E-state index in [4.69, 9.17) is 14.6 Å². The zero-order valence-electron chi connectivity index (χ0n) is 12.7. The zero-order chi connectivity index (χ0) is 15.3. The van der Waals surface area contributed by atoms with Gasteiger partial charge in [-0.3, -0.25) is 4.79 Å². The normalized spacial score (nSPS) is 11.1. The summed E-state index contributed by atoms with van der Waals surface area (Å²) in [6.45, 7) is 5.35. The number of hydrogen-bond acceptors (Lipinski definition) is 4. The van der Waals surface area contributed by atoms with Gasteiger partial charge in [-0.05, 0) is 44.0 Å². The maximum Gasteiger partial charge on any atom is 0.224 e. The first kappa shape index (κ1) is 16.3. The monoisotopic (exact) mass is 281 g/mol. The Balaban J connectivity index is 2.90. The lowest BCUT2D eigenvalue weighted by molar-refractivity contribution is -0.122. The first-order valence-corrected chi connectivity index (χ1v) is 6.46. The largest absolute Gasteiger partial charge is 0.493 e. The van der Waals surface area contributed by atoms with E-state index < -0.39 is 5.54 Å². The van der Waals surface area contributed by atoms with Crippen LogP contribution in [0.2, 0.25) is 0 Å². The molecule has 0 spiro atoms. The van der Waals surface area contributed by atoms with Crippen LogP contribution in [0.25, 0.3) is 0 Å². The van der Waals surface area contributed by atoms with E-state index in [-0.39, 0.29) is 18.9 Å². The molecular formula is C15H23NO4. The van der Waals surface area contributed by atoms with Crippen molar-refractivity contribution in [1.29, 1.82) is 0 Å².